The van der Waals surface area contributed by atoms with Gasteiger partial charge < -0.3 is 14.6 Å². The van der Waals surface area contributed by atoms with Crippen molar-refractivity contribution in [1.29, 1.82) is 0 Å². The predicted octanol–water partition coefficient (Wildman–Crippen LogP) is 5.49. The molecule has 3 aromatic rings. The molecule has 0 unspecified atom stereocenters. The first-order valence-electron chi connectivity index (χ1n) is 10.4. The molecule has 4 nitrogen and oxygen atoms in total. The van der Waals surface area contributed by atoms with Crippen molar-refractivity contribution in [2.24, 2.45) is 0 Å². The zero-order valence-corrected chi connectivity index (χ0v) is 17.3. The van der Waals surface area contributed by atoms with Crippen LogP contribution in [0.25, 0.3) is 11.6 Å². The van der Waals surface area contributed by atoms with Gasteiger partial charge in [-0.15, -0.1) is 0 Å². The third-order valence-electron chi connectivity index (χ3n) is 5.54. The molecule has 0 bridgehead atoms. The highest BCUT2D eigenvalue weighted by molar-refractivity contribution is 5.92. The van der Waals surface area contributed by atoms with Gasteiger partial charge in [0.2, 0.25) is 0 Å². The van der Waals surface area contributed by atoms with E-state index in [4.69, 9.17) is 9.47 Å². The molecule has 0 spiro atoms. The average Bonchev–Trinajstić information content (AvgIpc) is 3.31. The summed E-state index contributed by atoms with van der Waals surface area (Å²) in [6.07, 6.45) is 10.6. The molecule has 0 atom stereocenters. The average molecular weight is 402 g/mol. The summed E-state index contributed by atoms with van der Waals surface area (Å²) in [5.41, 5.74) is 5.16. The van der Waals surface area contributed by atoms with Gasteiger partial charge in [0, 0.05) is 12.4 Å². The van der Waals surface area contributed by atoms with Crippen LogP contribution in [0.4, 0.5) is 0 Å². The van der Waals surface area contributed by atoms with Crippen molar-refractivity contribution in [3.63, 3.8) is 0 Å². The molecule has 1 fully saturated rings. The Morgan fingerprint density at radius 3 is 2.33 bits per heavy atom. The van der Waals surface area contributed by atoms with Crippen LogP contribution in [0.5, 0.6) is 11.5 Å². The van der Waals surface area contributed by atoms with Gasteiger partial charge in [-0.25, -0.2) is 0 Å². The number of aromatic nitrogens is 1. The van der Waals surface area contributed by atoms with Crippen LogP contribution in [-0.4, -0.2) is 23.3 Å². The standard InChI is InChI=1S/C26H27NO3/c1-29-25-11-10-22(17-26(25)30-23-4-2-3-5-23)24(16-19-12-14-27-15-13-19)21-8-6-20(18-28)7-9-21/h6-17,23,28H,2-5,18H2,1H3/b24-16+. The smallest absolute Gasteiger partial charge is 0.162 e. The van der Waals surface area contributed by atoms with E-state index in [0.29, 0.717) is 0 Å². The molecule has 2 aromatic carbocycles. The first-order valence-corrected chi connectivity index (χ1v) is 10.4. The summed E-state index contributed by atoms with van der Waals surface area (Å²) < 4.78 is 11.9. The second kappa shape index (κ2) is 9.59. The normalized spacial score (nSPS) is 14.7. The molecule has 1 aliphatic rings. The van der Waals surface area contributed by atoms with Crippen LogP contribution in [0.15, 0.2) is 67.0 Å². The predicted molar refractivity (Wildman–Crippen MR) is 119 cm³/mol. The van der Waals surface area contributed by atoms with Crippen molar-refractivity contribution in [2.75, 3.05) is 7.11 Å². The number of aliphatic hydroxyl groups is 1. The summed E-state index contributed by atoms with van der Waals surface area (Å²) in [5.74, 6) is 1.54. The SMILES string of the molecule is COc1ccc(/C(=C/c2ccncc2)c2ccc(CO)cc2)cc1OC1CCCC1. The molecule has 0 radical (unpaired) electrons. The van der Waals surface area contributed by atoms with Gasteiger partial charge in [0.25, 0.3) is 0 Å². The fraction of sp³-hybridized carbons (Fsp3) is 0.269. The lowest BCUT2D eigenvalue weighted by Gasteiger charge is -2.18. The number of hydrogen-bond acceptors (Lipinski definition) is 4. The Balaban J connectivity index is 1.76. The van der Waals surface area contributed by atoms with Gasteiger partial charge in [0.15, 0.2) is 11.5 Å². The van der Waals surface area contributed by atoms with Gasteiger partial charge in [-0.1, -0.05) is 30.3 Å². The summed E-state index contributed by atoms with van der Waals surface area (Å²) in [6, 6.07) is 18.1. The number of benzene rings is 2. The van der Waals surface area contributed by atoms with E-state index in [1.54, 1.807) is 19.5 Å². The largest absolute Gasteiger partial charge is 0.493 e. The van der Waals surface area contributed by atoms with Crippen molar-refractivity contribution < 1.29 is 14.6 Å². The first-order chi connectivity index (χ1) is 14.8. The quantitative estimate of drug-likeness (QED) is 0.568. The van der Waals surface area contributed by atoms with E-state index in [9.17, 15) is 5.11 Å². The molecule has 0 aliphatic heterocycles. The Morgan fingerprint density at radius 2 is 1.67 bits per heavy atom. The Kier molecular flexibility index (Phi) is 6.45. The number of rotatable bonds is 7. The van der Waals surface area contributed by atoms with Gasteiger partial charge in [-0.2, -0.15) is 0 Å². The van der Waals surface area contributed by atoms with Crippen LogP contribution in [0, 0.1) is 0 Å². The maximum atomic E-state index is 9.40. The summed E-state index contributed by atoms with van der Waals surface area (Å²) >= 11 is 0. The molecular formula is C26H27NO3. The maximum Gasteiger partial charge on any atom is 0.162 e. The zero-order chi connectivity index (χ0) is 20.8. The lowest BCUT2D eigenvalue weighted by atomic mass is 9.95. The number of pyridine rings is 1. The van der Waals surface area contributed by atoms with Gasteiger partial charge in [-0.3, -0.25) is 4.98 Å². The summed E-state index contributed by atoms with van der Waals surface area (Å²) in [6.45, 7) is 0.0333. The summed E-state index contributed by atoms with van der Waals surface area (Å²) in [5, 5.41) is 9.40. The van der Waals surface area contributed by atoms with Gasteiger partial charge in [0.05, 0.1) is 19.8 Å². The third-order valence-corrected chi connectivity index (χ3v) is 5.54. The molecular weight excluding hydrogens is 374 g/mol. The fourth-order valence-electron chi connectivity index (χ4n) is 3.87. The molecule has 30 heavy (non-hydrogen) atoms. The van der Waals surface area contributed by atoms with Crippen molar-refractivity contribution >= 4 is 11.6 Å². The Labute approximate surface area is 177 Å². The second-order valence-electron chi connectivity index (χ2n) is 7.58. The lowest BCUT2D eigenvalue weighted by molar-refractivity contribution is 0.201. The minimum atomic E-state index is 0.0333. The van der Waals surface area contributed by atoms with E-state index in [-0.39, 0.29) is 12.7 Å². The number of ether oxygens (including phenoxy) is 2. The van der Waals surface area contributed by atoms with Crippen LogP contribution >= 0.6 is 0 Å². The molecule has 154 valence electrons. The van der Waals surface area contributed by atoms with Crippen molar-refractivity contribution in [1.82, 2.24) is 4.98 Å². The molecule has 1 heterocycles. The van der Waals surface area contributed by atoms with Crippen LogP contribution in [-0.2, 0) is 6.61 Å². The van der Waals surface area contributed by atoms with Crippen molar-refractivity contribution in [2.45, 2.75) is 38.4 Å². The van der Waals surface area contributed by atoms with Crippen molar-refractivity contribution in [3.8, 4) is 11.5 Å². The number of hydrogen-bond donors (Lipinski definition) is 1. The molecule has 0 saturated heterocycles. The van der Waals surface area contributed by atoms with Crippen molar-refractivity contribution in [3.05, 3.63) is 89.2 Å². The Hall–Kier alpha value is -3.11. The lowest BCUT2D eigenvalue weighted by Crippen LogP contribution is -2.11. The molecule has 0 amide bonds. The van der Waals surface area contributed by atoms with Crippen LogP contribution < -0.4 is 9.47 Å². The van der Waals surface area contributed by atoms with Crippen LogP contribution in [0.2, 0.25) is 0 Å². The maximum absolute atomic E-state index is 9.40. The van der Waals surface area contributed by atoms with E-state index in [2.05, 4.69) is 23.2 Å². The highest BCUT2D eigenvalue weighted by atomic mass is 16.5. The fourth-order valence-corrected chi connectivity index (χ4v) is 3.87. The molecule has 1 N–H and O–H groups in total. The minimum absolute atomic E-state index is 0.0333. The van der Waals surface area contributed by atoms with Crippen LogP contribution in [0.1, 0.15) is 47.9 Å². The van der Waals surface area contributed by atoms with E-state index in [0.717, 1.165) is 52.2 Å². The summed E-state index contributed by atoms with van der Waals surface area (Å²) in [7, 11) is 1.68. The van der Waals surface area contributed by atoms with E-state index >= 15 is 0 Å². The summed E-state index contributed by atoms with van der Waals surface area (Å²) in [4.78, 5) is 4.12. The minimum Gasteiger partial charge on any atom is -0.493 e. The molecule has 1 saturated carbocycles. The highest BCUT2D eigenvalue weighted by Gasteiger charge is 2.19. The molecule has 1 aliphatic carbocycles. The monoisotopic (exact) mass is 401 g/mol. The van der Waals surface area contributed by atoms with E-state index < -0.39 is 0 Å². The molecule has 4 heteroatoms. The number of aliphatic hydroxyl groups excluding tert-OH is 1. The Bertz CT molecular complexity index is 991. The molecule has 4 rings (SSSR count). The van der Waals surface area contributed by atoms with E-state index in [1.807, 2.05) is 42.5 Å². The van der Waals surface area contributed by atoms with Crippen LogP contribution in [0.3, 0.4) is 0 Å². The highest BCUT2D eigenvalue weighted by Crippen LogP contribution is 2.36. The topological polar surface area (TPSA) is 51.6 Å². The molecule has 1 aromatic heterocycles. The van der Waals surface area contributed by atoms with Gasteiger partial charge in [0.1, 0.15) is 0 Å². The Morgan fingerprint density at radius 1 is 0.967 bits per heavy atom. The van der Waals surface area contributed by atoms with Gasteiger partial charge >= 0.3 is 0 Å². The third kappa shape index (κ3) is 4.71. The van der Waals surface area contributed by atoms with E-state index in [1.165, 1.54) is 12.8 Å². The number of methoxy groups -OCH3 is 1. The second-order valence-corrected chi connectivity index (χ2v) is 7.58. The zero-order valence-electron chi connectivity index (χ0n) is 17.3. The van der Waals surface area contributed by atoms with Gasteiger partial charge in [-0.05, 0) is 83.9 Å². The first kappa shape index (κ1) is 20.2. The number of nitrogens with zero attached hydrogens (tertiary/aromatic N) is 1.